The van der Waals surface area contributed by atoms with Crippen LogP contribution in [0.15, 0.2) is 0 Å². The predicted molar refractivity (Wildman–Crippen MR) is 80.1 cm³/mol. The fraction of sp³-hybridized carbons (Fsp3) is 1.00. The molecule has 0 radical (unpaired) electrons. The summed E-state index contributed by atoms with van der Waals surface area (Å²) in [5, 5.41) is 3.54. The summed E-state index contributed by atoms with van der Waals surface area (Å²) >= 11 is 0. The molecule has 0 spiro atoms. The van der Waals surface area contributed by atoms with Crippen molar-refractivity contribution in [1.82, 2.24) is 10.2 Å². The lowest BCUT2D eigenvalue weighted by atomic mass is 9.93. The van der Waals surface area contributed by atoms with Crippen molar-refractivity contribution >= 4 is 0 Å². The Hall–Kier alpha value is -0.120. The standard InChI is InChI=1S/C15H34N2O/c1-9-16-13(15(5,6)18-8)10-11-17(7)12-14(2,3)4/h13,16H,9-12H2,1-8H3. The summed E-state index contributed by atoms with van der Waals surface area (Å²) in [6.45, 7) is 16.5. The van der Waals surface area contributed by atoms with Crippen molar-refractivity contribution in [1.29, 1.82) is 0 Å². The normalized spacial score (nSPS) is 15.2. The minimum absolute atomic E-state index is 0.113. The van der Waals surface area contributed by atoms with Crippen molar-refractivity contribution in [3.63, 3.8) is 0 Å². The maximum Gasteiger partial charge on any atom is 0.0775 e. The molecule has 1 unspecified atom stereocenters. The Kier molecular flexibility index (Phi) is 7.41. The van der Waals surface area contributed by atoms with Gasteiger partial charge in [-0.1, -0.05) is 27.7 Å². The van der Waals surface area contributed by atoms with Gasteiger partial charge in [0.1, 0.15) is 0 Å². The molecule has 0 fully saturated rings. The van der Waals surface area contributed by atoms with Crippen molar-refractivity contribution in [3.05, 3.63) is 0 Å². The molecule has 0 aromatic carbocycles. The first-order chi connectivity index (χ1) is 8.12. The van der Waals surface area contributed by atoms with E-state index in [-0.39, 0.29) is 5.60 Å². The van der Waals surface area contributed by atoms with Gasteiger partial charge in [0.05, 0.1) is 5.60 Å². The van der Waals surface area contributed by atoms with Crippen LogP contribution in [0.1, 0.15) is 48.0 Å². The summed E-state index contributed by atoms with van der Waals surface area (Å²) in [5.74, 6) is 0. The third-order valence-corrected chi connectivity index (χ3v) is 3.36. The van der Waals surface area contributed by atoms with Gasteiger partial charge in [-0.05, 0) is 45.8 Å². The highest BCUT2D eigenvalue weighted by atomic mass is 16.5. The zero-order valence-corrected chi connectivity index (χ0v) is 13.8. The number of nitrogens with zero attached hydrogens (tertiary/aromatic N) is 1. The van der Waals surface area contributed by atoms with Crippen molar-refractivity contribution in [2.75, 3.05) is 33.8 Å². The Labute approximate surface area is 114 Å². The first kappa shape index (κ1) is 17.9. The molecule has 0 aliphatic rings. The van der Waals surface area contributed by atoms with Gasteiger partial charge in [-0.2, -0.15) is 0 Å². The van der Waals surface area contributed by atoms with E-state index in [2.05, 4.69) is 58.8 Å². The molecular formula is C15H34N2O. The number of likely N-dealkylation sites (N-methyl/N-ethyl adjacent to an activating group) is 1. The van der Waals surface area contributed by atoms with Crippen LogP contribution in [0.4, 0.5) is 0 Å². The van der Waals surface area contributed by atoms with Crippen LogP contribution >= 0.6 is 0 Å². The van der Waals surface area contributed by atoms with E-state index in [4.69, 9.17) is 4.74 Å². The Bertz CT molecular complexity index is 221. The van der Waals surface area contributed by atoms with Crippen LogP contribution in [0.25, 0.3) is 0 Å². The summed E-state index contributed by atoms with van der Waals surface area (Å²) in [6, 6.07) is 0.398. The van der Waals surface area contributed by atoms with E-state index in [0.717, 1.165) is 26.1 Å². The molecule has 110 valence electrons. The minimum atomic E-state index is -0.113. The van der Waals surface area contributed by atoms with E-state index >= 15 is 0 Å². The third-order valence-electron chi connectivity index (χ3n) is 3.36. The number of hydrogen-bond acceptors (Lipinski definition) is 3. The van der Waals surface area contributed by atoms with Crippen LogP contribution < -0.4 is 5.32 Å². The van der Waals surface area contributed by atoms with Crippen LogP contribution in [-0.2, 0) is 4.74 Å². The summed E-state index contributed by atoms with van der Waals surface area (Å²) in [6.07, 6.45) is 1.11. The van der Waals surface area contributed by atoms with Crippen molar-refractivity contribution in [3.8, 4) is 0 Å². The van der Waals surface area contributed by atoms with Gasteiger partial charge in [0.25, 0.3) is 0 Å². The van der Waals surface area contributed by atoms with Crippen LogP contribution in [0.3, 0.4) is 0 Å². The van der Waals surface area contributed by atoms with Gasteiger partial charge < -0.3 is 15.0 Å². The maximum absolute atomic E-state index is 5.60. The fourth-order valence-electron chi connectivity index (χ4n) is 2.32. The SMILES string of the molecule is CCNC(CCN(C)CC(C)(C)C)C(C)(C)OC. The van der Waals surface area contributed by atoms with Gasteiger partial charge in [0, 0.05) is 19.7 Å². The van der Waals surface area contributed by atoms with Gasteiger partial charge in [-0.15, -0.1) is 0 Å². The molecule has 1 N–H and O–H groups in total. The largest absolute Gasteiger partial charge is 0.377 e. The van der Waals surface area contributed by atoms with E-state index in [1.807, 2.05) is 0 Å². The Morgan fingerprint density at radius 1 is 1.17 bits per heavy atom. The predicted octanol–water partition coefficient (Wildman–Crippen LogP) is 2.76. The van der Waals surface area contributed by atoms with E-state index in [0.29, 0.717) is 11.5 Å². The zero-order chi connectivity index (χ0) is 14.4. The molecular weight excluding hydrogens is 224 g/mol. The van der Waals surface area contributed by atoms with Crippen molar-refractivity contribution < 1.29 is 4.74 Å². The van der Waals surface area contributed by atoms with Crippen LogP contribution in [0, 0.1) is 5.41 Å². The average molecular weight is 258 g/mol. The lowest BCUT2D eigenvalue weighted by molar-refractivity contribution is -0.0144. The molecule has 0 aliphatic heterocycles. The first-order valence-corrected chi connectivity index (χ1v) is 7.09. The quantitative estimate of drug-likeness (QED) is 0.724. The molecule has 0 bridgehead atoms. The Balaban J connectivity index is 4.27. The summed E-state index contributed by atoms with van der Waals surface area (Å²) in [7, 11) is 4.00. The summed E-state index contributed by atoms with van der Waals surface area (Å²) in [5.41, 5.74) is 0.248. The van der Waals surface area contributed by atoms with E-state index in [1.54, 1.807) is 7.11 Å². The summed E-state index contributed by atoms with van der Waals surface area (Å²) in [4.78, 5) is 2.41. The molecule has 0 saturated carbocycles. The van der Waals surface area contributed by atoms with Crippen LogP contribution in [-0.4, -0.2) is 50.3 Å². The molecule has 3 heteroatoms. The number of ether oxygens (including phenoxy) is 1. The molecule has 0 aromatic heterocycles. The molecule has 0 aromatic rings. The second kappa shape index (κ2) is 7.46. The van der Waals surface area contributed by atoms with Crippen molar-refractivity contribution in [2.45, 2.75) is 59.6 Å². The van der Waals surface area contributed by atoms with Gasteiger partial charge >= 0.3 is 0 Å². The van der Waals surface area contributed by atoms with E-state index < -0.39 is 0 Å². The average Bonchev–Trinajstić information content (AvgIpc) is 2.21. The lowest BCUT2D eigenvalue weighted by Crippen LogP contribution is -2.49. The highest BCUT2D eigenvalue weighted by molar-refractivity contribution is 4.86. The number of methoxy groups -OCH3 is 1. The molecule has 1 atom stereocenters. The monoisotopic (exact) mass is 258 g/mol. The smallest absolute Gasteiger partial charge is 0.0775 e. The number of nitrogens with one attached hydrogen (secondary N) is 1. The van der Waals surface area contributed by atoms with E-state index in [1.165, 1.54) is 0 Å². The third kappa shape index (κ3) is 7.34. The molecule has 0 aliphatic carbocycles. The second-order valence-corrected chi connectivity index (χ2v) is 7.00. The van der Waals surface area contributed by atoms with Gasteiger partial charge in [0.2, 0.25) is 0 Å². The Morgan fingerprint density at radius 2 is 1.72 bits per heavy atom. The molecule has 18 heavy (non-hydrogen) atoms. The van der Waals surface area contributed by atoms with E-state index in [9.17, 15) is 0 Å². The van der Waals surface area contributed by atoms with Gasteiger partial charge in [0.15, 0.2) is 0 Å². The highest BCUT2D eigenvalue weighted by Gasteiger charge is 2.28. The molecule has 0 saturated heterocycles. The summed E-state index contributed by atoms with van der Waals surface area (Å²) < 4.78 is 5.60. The Morgan fingerprint density at radius 3 is 2.11 bits per heavy atom. The highest BCUT2D eigenvalue weighted by Crippen LogP contribution is 2.18. The second-order valence-electron chi connectivity index (χ2n) is 7.00. The number of hydrogen-bond donors (Lipinski definition) is 1. The molecule has 0 amide bonds. The maximum atomic E-state index is 5.60. The lowest BCUT2D eigenvalue weighted by Gasteiger charge is -2.35. The molecule has 0 heterocycles. The minimum Gasteiger partial charge on any atom is -0.377 e. The van der Waals surface area contributed by atoms with Gasteiger partial charge in [-0.3, -0.25) is 0 Å². The fourth-order valence-corrected chi connectivity index (χ4v) is 2.32. The topological polar surface area (TPSA) is 24.5 Å². The molecule has 0 rings (SSSR count). The zero-order valence-electron chi connectivity index (χ0n) is 13.8. The first-order valence-electron chi connectivity index (χ1n) is 7.09. The molecule has 3 nitrogen and oxygen atoms in total. The van der Waals surface area contributed by atoms with Crippen LogP contribution in [0.5, 0.6) is 0 Å². The van der Waals surface area contributed by atoms with Crippen molar-refractivity contribution in [2.24, 2.45) is 5.41 Å². The van der Waals surface area contributed by atoms with Gasteiger partial charge in [-0.25, -0.2) is 0 Å². The number of rotatable bonds is 8. The van der Waals surface area contributed by atoms with Crippen LogP contribution in [0.2, 0.25) is 0 Å².